The van der Waals surface area contributed by atoms with E-state index >= 15 is 0 Å². The van der Waals surface area contributed by atoms with Gasteiger partial charge in [-0.1, -0.05) is 12.1 Å². The van der Waals surface area contributed by atoms with Gasteiger partial charge in [0.05, 0.1) is 4.92 Å². The molecule has 1 rings (SSSR count). The fourth-order valence-corrected chi connectivity index (χ4v) is 2.03. The number of nitro benzene ring substituents is 1. The predicted octanol–water partition coefficient (Wildman–Crippen LogP) is 1.33. The van der Waals surface area contributed by atoms with E-state index in [-0.39, 0.29) is 23.8 Å². The van der Waals surface area contributed by atoms with Gasteiger partial charge in [0.2, 0.25) is 0 Å². The van der Waals surface area contributed by atoms with Gasteiger partial charge in [-0.2, -0.15) is 0 Å². The Hall–Kier alpha value is -1.99. The molecule has 7 nitrogen and oxygen atoms in total. The van der Waals surface area contributed by atoms with Crippen molar-refractivity contribution in [2.45, 2.75) is 19.5 Å². The van der Waals surface area contributed by atoms with Crippen LogP contribution in [0.5, 0.6) is 0 Å². The van der Waals surface area contributed by atoms with E-state index < -0.39 is 10.9 Å². The molecule has 0 aliphatic rings. The van der Waals surface area contributed by atoms with Crippen molar-refractivity contribution in [3.63, 3.8) is 0 Å². The van der Waals surface area contributed by atoms with Crippen molar-refractivity contribution >= 4 is 11.7 Å². The summed E-state index contributed by atoms with van der Waals surface area (Å²) >= 11 is 0. The van der Waals surface area contributed by atoms with Crippen LogP contribution in [0.2, 0.25) is 0 Å². The maximum absolute atomic E-state index is 11.2. The number of aromatic carboxylic acids is 1. The molecule has 0 bridgehead atoms. The Morgan fingerprint density at radius 3 is 2.65 bits per heavy atom. The van der Waals surface area contributed by atoms with E-state index in [1.165, 1.54) is 12.1 Å². The molecule has 0 radical (unpaired) electrons. The molecular formula is C13H19N3O4. The number of nitro groups is 1. The molecule has 0 aliphatic carbocycles. The number of hydrogen-bond acceptors (Lipinski definition) is 5. The van der Waals surface area contributed by atoms with Crippen molar-refractivity contribution in [2.75, 3.05) is 20.6 Å². The van der Waals surface area contributed by atoms with E-state index in [2.05, 4.69) is 5.32 Å². The second-order valence-electron chi connectivity index (χ2n) is 4.92. The van der Waals surface area contributed by atoms with Gasteiger partial charge in [0.25, 0.3) is 5.69 Å². The van der Waals surface area contributed by atoms with Crippen LogP contribution in [0.4, 0.5) is 5.69 Å². The molecule has 0 aliphatic heterocycles. The Morgan fingerprint density at radius 1 is 1.50 bits per heavy atom. The van der Waals surface area contributed by atoms with Crippen LogP contribution < -0.4 is 5.32 Å². The zero-order chi connectivity index (χ0) is 15.3. The highest BCUT2D eigenvalue weighted by atomic mass is 16.6. The zero-order valence-electron chi connectivity index (χ0n) is 11.8. The van der Waals surface area contributed by atoms with Crippen molar-refractivity contribution in [2.24, 2.45) is 0 Å². The van der Waals surface area contributed by atoms with E-state index in [0.717, 1.165) is 6.54 Å². The number of carboxylic acids is 1. The minimum atomic E-state index is -1.28. The van der Waals surface area contributed by atoms with E-state index in [4.69, 9.17) is 5.11 Å². The van der Waals surface area contributed by atoms with E-state index in [1.54, 1.807) is 6.07 Å². The topological polar surface area (TPSA) is 95.7 Å². The molecule has 1 atom stereocenters. The lowest BCUT2D eigenvalue weighted by Crippen LogP contribution is -2.35. The van der Waals surface area contributed by atoms with Crippen molar-refractivity contribution in [1.29, 1.82) is 0 Å². The highest BCUT2D eigenvalue weighted by Crippen LogP contribution is 2.22. The van der Waals surface area contributed by atoms with Gasteiger partial charge in [0.1, 0.15) is 5.56 Å². The SMILES string of the molecule is CC(CN(C)C)NCc1cccc([N+](=O)[O-])c1C(=O)O. The lowest BCUT2D eigenvalue weighted by molar-refractivity contribution is -0.385. The van der Waals surface area contributed by atoms with E-state index in [9.17, 15) is 14.9 Å². The molecule has 2 N–H and O–H groups in total. The zero-order valence-corrected chi connectivity index (χ0v) is 11.8. The maximum Gasteiger partial charge on any atom is 0.343 e. The highest BCUT2D eigenvalue weighted by Gasteiger charge is 2.23. The first-order valence-corrected chi connectivity index (χ1v) is 6.20. The third kappa shape index (κ3) is 4.29. The summed E-state index contributed by atoms with van der Waals surface area (Å²) in [6.07, 6.45) is 0. The summed E-state index contributed by atoms with van der Waals surface area (Å²) in [6, 6.07) is 4.44. The molecular weight excluding hydrogens is 262 g/mol. The monoisotopic (exact) mass is 281 g/mol. The summed E-state index contributed by atoms with van der Waals surface area (Å²) in [4.78, 5) is 23.4. The van der Waals surface area contributed by atoms with Crippen molar-refractivity contribution in [3.8, 4) is 0 Å². The van der Waals surface area contributed by atoms with Crippen molar-refractivity contribution < 1.29 is 14.8 Å². The number of rotatable bonds is 7. The Labute approximate surface area is 117 Å². The van der Waals surface area contributed by atoms with Gasteiger partial charge in [0, 0.05) is 25.2 Å². The number of nitrogens with zero attached hydrogens (tertiary/aromatic N) is 2. The van der Waals surface area contributed by atoms with Crippen LogP contribution in [0, 0.1) is 10.1 Å². The fraction of sp³-hybridized carbons (Fsp3) is 0.462. The molecule has 20 heavy (non-hydrogen) atoms. The number of hydrogen-bond donors (Lipinski definition) is 2. The van der Waals surface area contributed by atoms with Crippen LogP contribution in [0.25, 0.3) is 0 Å². The maximum atomic E-state index is 11.2. The Morgan fingerprint density at radius 2 is 2.15 bits per heavy atom. The minimum Gasteiger partial charge on any atom is -0.477 e. The largest absolute Gasteiger partial charge is 0.477 e. The first-order valence-electron chi connectivity index (χ1n) is 6.20. The van der Waals surface area contributed by atoms with Gasteiger partial charge in [-0.15, -0.1) is 0 Å². The van der Waals surface area contributed by atoms with Crippen LogP contribution >= 0.6 is 0 Å². The highest BCUT2D eigenvalue weighted by molar-refractivity contribution is 5.94. The lowest BCUT2D eigenvalue weighted by Gasteiger charge is -2.18. The summed E-state index contributed by atoms with van der Waals surface area (Å²) in [5.41, 5.74) is -0.212. The molecule has 0 aromatic heterocycles. The van der Waals surface area contributed by atoms with Gasteiger partial charge >= 0.3 is 5.97 Å². The van der Waals surface area contributed by atoms with E-state index in [0.29, 0.717) is 5.56 Å². The molecule has 1 unspecified atom stereocenters. The predicted molar refractivity (Wildman–Crippen MR) is 74.9 cm³/mol. The lowest BCUT2D eigenvalue weighted by atomic mass is 10.1. The van der Waals surface area contributed by atoms with Gasteiger partial charge in [-0.25, -0.2) is 4.79 Å². The Balaban J connectivity index is 2.92. The van der Waals surface area contributed by atoms with Crippen LogP contribution in [-0.2, 0) is 6.54 Å². The van der Waals surface area contributed by atoms with Gasteiger partial charge in [-0.05, 0) is 26.6 Å². The molecule has 0 saturated carbocycles. The average molecular weight is 281 g/mol. The second-order valence-corrected chi connectivity index (χ2v) is 4.92. The number of likely N-dealkylation sites (N-methyl/N-ethyl adjacent to an activating group) is 1. The molecule has 0 spiro atoms. The van der Waals surface area contributed by atoms with Gasteiger partial charge in [-0.3, -0.25) is 10.1 Å². The van der Waals surface area contributed by atoms with Crippen LogP contribution in [0.3, 0.4) is 0 Å². The van der Waals surface area contributed by atoms with E-state index in [1.807, 2.05) is 25.9 Å². The first-order chi connectivity index (χ1) is 9.32. The third-order valence-corrected chi connectivity index (χ3v) is 2.82. The molecule has 110 valence electrons. The number of carboxylic acid groups (broad SMARTS) is 1. The summed E-state index contributed by atoms with van der Waals surface area (Å²) in [5.74, 6) is -1.28. The fourth-order valence-electron chi connectivity index (χ4n) is 2.03. The van der Waals surface area contributed by atoms with Crippen LogP contribution in [0.1, 0.15) is 22.8 Å². The summed E-state index contributed by atoms with van der Waals surface area (Å²) < 4.78 is 0. The molecule has 1 aromatic carbocycles. The Bertz CT molecular complexity index is 502. The molecule has 7 heteroatoms. The minimum absolute atomic E-state index is 0.144. The third-order valence-electron chi connectivity index (χ3n) is 2.82. The molecule has 0 saturated heterocycles. The number of carbonyl (C=O) groups is 1. The quantitative estimate of drug-likeness (QED) is 0.578. The summed E-state index contributed by atoms with van der Waals surface area (Å²) in [6.45, 7) is 3.04. The normalized spacial score (nSPS) is 12.4. The van der Waals surface area contributed by atoms with Crippen LogP contribution in [0.15, 0.2) is 18.2 Å². The summed E-state index contributed by atoms with van der Waals surface area (Å²) in [7, 11) is 3.88. The Kier molecular flexibility index (Phi) is 5.60. The molecule has 0 fully saturated rings. The summed E-state index contributed by atoms with van der Waals surface area (Å²) in [5, 5.41) is 23.2. The molecule has 1 aromatic rings. The smallest absolute Gasteiger partial charge is 0.343 e. The molecule has 0 heterocycles. The average Bonchev–Trinajstić information content (AvgIpc) is 2.34. The first kappa shape index (κ1) is 16.1. The van der Waals surface area contributed by atoms with Gasteiger partial charge < -0.3 is 15.3 Å². The standard InChI is InChI=1S/C13H19N3O4/c1-9(8-15(2)3)14-7-10-5-4-6-11(16(19)20)12(10)13(17)18/h4-6,9,14H,7-8H2,1-3H3,(H,17,18). The van der Waals surface area contributed by atoms with Crippen LogP contribution in [-0.4, -0.2) is 47.6 Å². The number of nitrogens with one attached hydrogen (secondary N) is 1. The second kappa shape index (κ2) is 6.97. The molecule has 0 amide bonds. The van der Waals surface area contributed by atoms with Crippen molar-refractivity contribution in [1.82, 2.24) is 10.2 Å². The van der Waals surface area contributed by atoms with Gasteiger partial charge in [0.15, 0.2) is 0 Å². The van der Waals surface area contributed by atoms with Crippen molar-refractivity contribution in [3.05, 3.63) is 39.4 Å². The number of benzene rings is 1.